The summed E-state index contributed by atoms with van der Waals surface area (Å²) >= 11 is 3.65. The van der Waals surface area contributed by atoms with Gasteiger partial charge in [-0.2, -0.15) is 0 Å². The summed E-state index contributed by atoms with van der Waals surface area (Å²) in [4.78, 5) is 17.9. The zero-order valence-electron chi connectivity index (χ0n) is 14.7. The number of carbonyl (C=O) groups excluding carboxylic acids is 1. The number of nitrogens with one attached hydrogen (secondary N) is 1. The zero-order valence-corrected chi connectivity index (χ0v) is 16.4. The molecule has 2 aliphatic rings. The fourth-order valence-electron chi connectivity index (χ4n) is 4.29. The van der Waals surface area contributed by atoms with Crippen molar-refractivity contribution in [3.8, 4) is 0 Å². The van der Waals surface area contributed by atoms with Crippen LogP contribution in [0.25, 0.3) is 0 Å². The molecule has 3 heterocycles. The van der Waals surface area contributed by atoms with Gasteiger partial charge in [-0.3, -0.25) is 9.69 Å². The number of hydrogen-bond donors (Lipinski definition) is 1. The molecule has 3 nitrogen and oxygen atoms in total. The molecule has 0 aromatic carbocycles. The summed E-state index contributed by atoms with van der Waals surface area (Å²) in [5, 5.41) is 7.65. The minimum absolute atomic E-state index is 0.194. The molecule has 0 bridgehead atoms. The van der Waals surface area contributed by atoms with Crippen molar-refractivity contribution >= 4 is 28.6 Å². The van der Waals surface area contributed by atoms with Crippen molar-refractivity contribution in [2.24, 2.45) is 5.92 Å². The molecule has 1 N–H and O–H groups in total. The van der Waals surface area contributed by atoms with Crippen LogP contribution in [0.4, 0.5) is 0 Å². The minimum atomic E-state index is 0.194. The molecular weight excluding hydrogens is 348 g/mol. The zero-order chi connectivity index (χ0) is 17.2. The van der Waals surface area contributed by atoms with Gasteiger partial charge in [-0.05, 0) is 53.6 Å². The van der Waals surface area contributed by atoms with Gasteiger partial charge in [0.25, 0.3) is 0 Å². The van der Waals surface area contributed by atoms with Crippen molar-refractivity contribution in [2.75, 3.05) is 13.1 Å². The van der Waals surface area contributed by atoms with Crippen molar-refractivity contribution in [3.05, 3.63) is 44.3 Å². The van der Waals surface area contributed by atoms with Gasteiger partial charge in [0.2, 0.25) is 5.91 Å². The Kier molecular flexibility index (Phi) is 5.25. The standard InChI is InChI=1S/C20H26N2OS2/c1-14-5-2-3-6-16(14)21-19(23)13-22-10-8-17-15(9-12-25-17)20(22)18-7-4-11-24-18/h4,7,9,11-12,14,16,20H,2-3,5-6,8,10,13H2,1H3,(H,21,23)/t14-,16+,20+/m0/s1. The highest BCUT2D eigenvalue weighted by Gasteiger charge is 2.32. The molecule has 3 atom stereocenters. The molecule has 0 radical (unpaired) electrons. The molecule has 1 amide bonds. The normalized spacial score (nSPS) is 27.0. The van der Waals surface area contributed by atoms with E-state index in [0.717, 1.165) is 19.4 Å². The van der Waals surface area contributed by atoms with Crippen LogP contribution in [-0.2, 0) is 11.2 Å². The number of fused-ring (bicyclic) bond motifs is 1. The molecule has 1 saturated carbocycles. The topological polar surface area (TPSA) is 32.3 Å². The van der Waals surface area contributed by atoms with Crippen LogP contribution in [0.2, 0.25) is 0 Å². The SMILES string of the molecule is C[C@H]1CCCC[C@H]1NC(=O)CN1CCc2sccc2[C@@H]1c1cccs1. The van der Waals surface area contributed by atoms with Gasteiger partial charge in [-0.25, -0.2) is 0 Å². The number of rotatable bonds is 4. The van der Waals surface area contributed by atoms with Crippen LogP contribution < -0.4 is 5.32 Å². The third-order valence-corrected chi connectivity index (χ3v) is 7.60. The lowest BCUT2D eigenvalue weighted by atomic mass is 9.86. The van der Waals surface area contributed by atoms with E-state index in [1.807, 2.05) is 11.3 Å². The maximum atomic E-state index is 12.7. The summed E-state index contributed by atoms with van der Waals surface area (Å²) in [6.07, 6.45) is 5.98. The second-order valence-corrected chi connectivity index (χ2v) is 9.35. The van der Waals surface area contributed by atoms with Crippen molar-refractivity contribution in [3.63, 3.8) is 0 Å². The van der Waals surface area contributed by atoms with Gasteiger partial charge in [0.05, 0.1) is 12.6 Å². The van der Waals surface area contributed by atoms with Crippen LogP contribution in [0.15, 0.2) is 29.0 Å². The highest BCUT2D eigenvalue weighted by atomic mass is 32.1. The highest BCUT2D eigenvalue weighted by Crippen LogP contribution is 2.39. The second kappa shape index (κ2) is 7.60. The Balaban J connectivity index is 1.48. The third-order valence-electron chi connectivity index (χ3n) is 5.68. The molecule has 134 valence electrons. The summed E-state index contributed by atoms with van der Waals surface area (Å²) in [7, 11) is 0. The summed E-state index contributed by atoms with van der Waals surface area (Å²) in [6, 6.07) is 7.17. The molecule has 0 unspecified atom stereocenters. The van der Waals surface area contributed by atoms with E-state index in [2.05, 4.69) is 46.1 Å². The summed E-state index contributed by atoms with van der Waals surface area (Å²) in [6.45, 7) is 3.74. The molecule has 1 fully saturated rings. The molecular formula is C20H26N2OS2. The first kappa shape index (κ1) is 17.3. The number of thiophene rings is 2. The van der Waals surface area contributed by atoms with Crippen molar-refractivity contribution in [1.82, 2.24) is 10.2 Å². The Labute approximate surface area is 158 Å². The molecule has 0 saturated heterocycles. The quantitative estimate of drug-likeness (QED) is 0.857. The first-order chi connectivity index (χ1) is 12.2. The van der Waals surface area contributed by atoms with E-state index in [-0.39, 0.29) is 11.9 Å². The number of nitrogens with zero attached hydrogens (tertiary/aromatic N) is 1. The van der Waals surface area contributed by atoms with E-state index in [4.69, 9.17) is 0 Å². The highest BCUT2D eigenvalue weighted by molar-refractivity contribution is 7.10. The number of amides is 1. The van der Waals surface area contributed by atoms with Gasteiger partial charge >= 0.3 is 0 Å². The lowest BCUT2D eigenvalue weighted by Gasteiger charge is -2.36. The van der Waals surface area contributed by atoms with Crippen LogP contribution >= 0.6 is 22.7 Å². The maximum Gasteiger partial charge on any atom is 0.234 e. The van der Waals surface area contributed by atoms with E-state index < -0.39 is 0 Å². The second-order valence-electron chi connectivity index (χ2n) is 7.37. The molecule has 5 heteroatoms. The van der Waals surface area contributed by atoms with E-state index in [9.17, 15) is 4.79 Å². The van der Waals surface area contributed by atoms with Crippen LogP contribution in [-0.4, -0.2) is 29.9 Å². The Morgan fingerprint density at radius 2 is 2.12 bits per heavy atom. The fraction of sp³-hybridized carbons (Fsp3) is 0.550. The molecule has 2 aromatic heterocycles. The predicted molar refractivity (Wildman–Crippen MR) is 105 cm³/mol. The van der Waals surface area contributed by atoms with Crippen molar-refractivity contribution < 1.29 is 4.79 Å². The van der Waals surface area contributed by atoms with Gasteiger partial charge < -0.3 is 5.32 Å². The van der Waals surface area contributed by atoms with Crippen molar-refractivity contribution in [1.29, 1.82) is 0 Å². The lowest BCUT2D eigenvalue weighted by Crippen LogP contribution is -2.47. The summed E-state index contributed by atoms with van der Waals surface area (Å²) in [5.41, 5.74) is 1.40. The summed E-state index contributed by atoms with van der Waals surface area (Å²) in [5.74, 6) is 0.801. The van der Waals surface area contributed by atoms with E-state index in [0.29, 0.717) is 18.5 Å². The average Bonchev–Trinajstić information content (AvgIpc) is 3.28. The third kappa shape index (κ3) is 3.69. The van der Waals surface area contributed by atoms with E-state index in [1.54, 1.807) is 11.3 Å². The summed E-state index contributed by atoms with van der Waals surface area (Å²) < 4.78 is 0. The van der Waals surface area contributed by atoms with Gasteiger partial charge in [-0.1, -0.05) is 25.8 Å². The maximum absolute atomic E-state index is 12.7. The first-order valence-electron chi connectivity index (χ1n) is 9.35. The Morgan fingerprint density at radius 1 is 1.24 bits per heavy atom. The van der Waals surface area contributed by atoms with Gasteiger partial charge in [0.1, 0.15) is 0 Å². The largest absolute Gasteiger partial charge is 0.352 e. The van der Waals surface area contributed by atoms with Gasteiger partial charge in [0, 0.05) is 22.3 Å². The van der Waals surface area contributed by atoms with Crippen LogP contribution in [0.3, 0.4) is 0 Å². The molecule has 4 rings (SSSR count). The smallest absolute Gasteiger partial charge is 0.234 e. The van der Waals surface area contributed by atoms with Crippen LogP contribution in [0.5, 0.6) is 0 Å². The van der Waals surface area contributed by atoms with Gasteiger partial charge in [0.15, 0.2) is 0 Å². The van der Waals surface area contributed by atoms with Crippen molar-refractivity contribution in [2.45, 2.75) is 51.1 Å². The lowest BCUT2D eigenvalue weighted by molar-refractivity contribution is -0.124. The fourth-order valence-corrected chi connectivity index (χ4v) is 6.07. The Bertz CT molecular complexity index is 709. The molecule has 2 aromatic rings. The molecule has 1 aliphatic carbocycles. The van der Waals surface area contributed by atoms with Gasteiger partial charge in [-0.15, -0.1) is 22.7 Å². The monoisotopic (exact) mass is 374 g/mol. The van der Waals surface area contributed by atoms with Crippen LogP contribution in [0.1, 0.15) is 54.0 Å². The molecule has 1 aliphatic heterocycles. The predicted octanol–water partition coefficient (Wildman–Crippen LogP) is 4.45. The molecule has 0 spiro atoms. The van der Waals surface area contributed by atoms with E-state index in [1.165, 1.54) is 34.6 Å². The number of carbonyl (C=O) groups is 1. The minimum Gasteiger partial charge on any atom is -0.352 e. The first-order valence-corrected chi connectivity index (χ1v) is 11.1. The Hall–Kier alpha value is -1.17. The Morgan fingerprint density at radius 3 is 2.92 bits per heavy atom. The average molecular weight is 375 g/mol. The number of hydrogen-bond acceptors (Lipinski definition) is 4. The van der Waals surface area contributed by atoms with E-state index >= 15 is 0 Å². The molecule has 25 heavy (non-hydrogen) atoms. The van der Waals surface area contributed by atoms with Crippen LogP contribution in [0, 0.1) is 5.92 Å².